The van der Waals surface area contributed by atoms with Gasteiger partial charge in [0.2, 0.25) is 5.95 Å². The minimum atomic E-state index is -1.21. The number of nitrogens with zero attached hydrogens (tertiary/aromatic N) is 5. The standard InChI is InChI=1S/C13H21N6O4/c1-19(2,3)11-7-10(16-13(14)17-11)18(5-15-7)12-9(22)8(21)6(4-20)23-12/h5-6,8-9,12,20-22H,4H2,1-3H3,(H2,14,16,17)/q+1/t6-,8+,9-,12+/m0/s1. The Morgan fingerprint density at radius 1 is 1.26 bits per heavy atom. The van der Waals surface area contributed by atoms with Gasteiger partial charge in [0.15, 0.2) is 17.4 Å². The van der Waals surface area contributed by atoms with Crippen molar-refractivity contribution in [1.82, 2.24) is 24.0 Å². The van der Waals surface area contributed by atoms with Crippen LogP contribution in [0.1, 0.15) is 6.23 Å². The van der Waals surface area contributed by atoms with Gasteiger partial charge >= 0.3 is 0 Å². The lowest BCUT2D eigenvalue weighted by atomic mass is 10.1. The zero-order valence-electron chi connectivity index (χ0n) is 13.2. The first-order valence-electron chi connectivity index (χ1n) is 7.18. The summed E-state index contributed by atoms with van der Waals surface area (Å²) < 4.78 is 7.40. The second-order valence-corrected chi connectivity index (χ2v) is 6.47. The quantitative estimate of drug-likeness (QED) is 0.486. The van der Waals surface area contributed by atoms with Crippen LogP contribution in [0.2, 0.25) is 0 Å². The molecule has 4 atom stereocenters. The van der Waals surface area contributed by atoms with Gasteiger partial charge in [0.1, 0.15) is 18.3 Å². The molecule has 23 heavy (non-hydrogen) atoms. The van der Waals surface area contributed by atoms with Gasteiger partial charge in [0, 0.05) is 0 Å². The highest BCUT2D eigenvalue weighted by atomic mass is 16.6. The maximum Gasteiger partial charge on any atom is 0.260 e. The number of aliphatic hydroxyl groups is 3. The molecule has 0 aliphatic carbocycles. The molecule has 1 aliphatic rings. The molecule has 0 amide bonds. The zero-order chi connectivity index (χ0) is 16.9. The summed E-state index contributed by atoms with van der Waals surface area (Å²) in [7, 11) is 5.77. The summed E-state index contributed by atoms with van der Waals surface area (Å²) in [5, 5.41) is 29.3. The van der Waals surface area contributed by atoms with Crippen LogP contribution in [0.3, 0.4) is 0 Å². The Morgan fingerprint density at radius 3 is 2.52 bits per heavy atom. The Bertz CT molecular complexity index is 727. The van der Waals surface area contributed by atoms with Crippen molar-refractivity contribution in [2.75, 3.05) is 33.5 Å². The van der Waals surface area contributed by atoms with E-state index in [4.69, 9.17) is 10.5 Å². The summed E-state index contributed by atoms with van der Waals surface area (Å²) in [6.45, 7) is -0.400. The number of nitrogens with two attached hydrogens (primary N) is 1. The molecule has 3 rings (SSSR count). The van der Waals surface area contributed by atoms with Crippen molar-refractivity contribution in [2.45, 2.75) is 24.5 Å². The van der Waals surface area contributed by atoms with Gasteiger partial charge in [-0.15, -0.1) is 0 Å². The van der Waals surface area contributed by atoms with Gasteiger partial charge in [0.25, 0.3) is 5.82 Å². The van der Waals surface area contributed by atoms with Crippen molar-refractivity contribution in [2.24, 2.45) is 0 Å². The first-order chi connectivity index (χ1) is 10.7. The van der Waals surface area contributed by atoms with Crippen molar-refractivity contribution in [3.63, 3.8) is 0 Å². The van der Waals surface area contributed by atoms with E-state index in [1.807, 2.05) is 21.1 Å². The van der Waals surface area contributed by atoms with Crippen LogP contribution in [-0.4, -0.2) is 80.9 Å². The molecule has 2 aromatic rings. The molecule has 10 nitrogen and oxygen atoms in total. The van der Waals surface area contributed by atoms with Crippen LogP contribution < -0.4 is 10.2 Å². The molecule has 10 heteroatoms. The second kappa shape index (κ2) is 5.35. The summed E-state index contributed by atoms with van der Waals surface area (Å²) >= 11 is 0. The molecular formula is C13H21N6O4+. The van der Waals surface area contributed by atoms with E-state index in [-0.39, 0.29) is 5.95 Å². The lowest BCUT2D eigenvalue weighted by molar-refractivity contribution is -0.0511. The number of hydrogen-bond acceptors (Lipinski definition) is 8. The third-order valence-corrected chi connectivity index (χ3v) is 3.85. The zero-order valence-corrected chi connectivity index (χ0v) is 13.2. The summed E-state index contributed by atoms with van der Waals surface area (Å²) in [6, 6.07) is 0. The first kappa shape index (κ1) is 16.0. The highest BCUT2D eigenvalue weighted by Crippen LogP contribution is 2.33. The lowest BCUT2D eigenvalue weighted by Gasteiger charge is -2.22. The molecule has 2 aromatic heterocycles. The minimum Gasteiger partial charge on any atom is -0.394 e. The second-order valence-electron chi connectivity index (χ2n) is 6.47. The van der Waals surface area contributed by atoms with Crippen LogP contribution in [0.4, 0.5) is 11.8 Å². The highest BCUT2D eigenvalue weighted by molar-refractivity contribution is 5.83. The van der Waals surface area contributed by atoms with Gasteiger partial charge in [-0.25, -0.2) is 4.98 Å². The van der Waals surface area contributed by atoms with E-state index in [0.717, 1.165) is 0 Å². The largest absolute Gasteiger partial charge is 0.394 e. The maximum atomic E-state index is 10.2. The fourth-order valence-electron chi connectivity index (χ4n) is 2.68. The molecular weight excluding hydrogens is 304 g/mol. The molecule has 0 bridgehead atoms. The molecule has 5 N–H and O–H groups in total. The number of ether oxygens (including phenoxy) is 1. The molecule has 0 aromatic carbocycles. The number of hydrogen-bond donors (Lipinski definition) is 4. The van der Waals surface area contributed by atoms with E-state index in [0.29, 0.717) is 21.5 Å². The Kier molecular flexibility index (Phi) is 3.73. The van der Waals surface area contributed by atoms with Crippen molar-refractivity contribution in [3.05, 3.63) is 6.33 Å². The SMILES string of the molecule is C[N+](C)(C)c1nc(N)nc2c1ncn2[C@@H]1O[C@@H](CO)[C@@H](O)[C@@H]1O. The summed E-state index contributed by atoms with van der Waals surface area (Å²) in [4.78, 5) is 12.7. The van der Waals surface area contributed by atoms with Crippen molar-refractivity contribution in [1.29, 1.82) is 0 Å². The van der Waals surface area contributed by atoms with Crippen molar-refractivity contribution < 1.29 is 20.1 Å². The van der Waals surface area contributed by atoms with E-state index in [2.05, 4.69) is 15.0 Å². The van der Waals surface area contributed by atoms with Gasteiger partial charge in [-0.05, 0) is 0 Å². The molecule has 0 spiro atoms. The van der Waals surface area contributed by atoms with Crippen LogP contribution >= 0.6 is 0 Å². The van der Waals surface area contributed by atoms with Crippen LogP contribution in [0, 0.1) is 0 Å². The number of anilines is 1. The average molecular weight is 325 g/mol. The predicted octanol–water partition coefficient (Wildman–Crippen LogP) is -1.78. The minimum absolute atomic E-state index is 0.0778. The van der Waals surface area contributed by atoms with Crippen LogP contribution in [0.15, 0.2) is 6.33 Å². The fourth-order valence-corrected chi connectivity index (χ4v) is 2.68. The number of nitrogen functional groups attached to an aromatic ring is 1. The number of rotatable bonds is 3. The Labute approximate surface area is 132 Å². The third-order valence-electron chi connectivity index (χ3n) is 3.85. The smallest absolute Gasteiger partial charge is 0.260 e. The molecule has 0 saturated carbocycles. The molecule has 1 saturated heterocycles. The van der Waals surface area contributed by atoms with Crippen LogP contribution in [0.5, 0.6) is 0 Å². The maximum absolute atomic E-state index is 10.2. The topological polar surface area (TPSA) is 140 Å². The van der Waals surface area contributed by atoms with E-state index in [1.54, 1.807) is 0 Å². The Balaban J connectivity index is 2.12. The van der Waals surface area contributed by atoms with E-state index in [9.17, 15) is 15.3 Å². The van der Waals surface area contributed by atoms with E-state index in [1.165, 1.54) is 10.9 Å². The van der Waals surface area contributed by atoms with Crippen molar-refractivity contribution >= 4 is 22.9 Å². The lowest BCUT2D eigenvalue weighted by Crippen LogP contribution is -2.36. The van der Waals surface area contributed by atoms with Gasteiger partial charge in [-0.2, -0.15) is 9.97 Å². The van der Waals surface area contributed by atoms with E-state index < -0.39 is 31.1 Å². The number of aromatic nitrogens is 4. The van der Waals surface area contributed by atoms with Gasteiger partial charge in [0.05, 0.1) is 34.1 Å². The highest BCUT2D eigenvalue weighted by Gasteiger charge is 2.44. The number of fused-ring (bicyclic) bond motifs is 1. The number of quaternary nitrogens is 1. The summed E-state index contributed by atoms with van der Waals surface area (Å²) in [5.74, 6) is 0.701. The van der Waals surface area contributed by atoms with Gasteiger partial charge in [-0.1, -0.05) is 0 Å². The van der Waals surface area contributed by atoms with Crippen LogP contribution in [0.25, 0.3) is 11.2 Å². The molecule has 3 heterocycles. The third kappa shape index (κ3) is 2.54. The summed E-state index contributed by atoms with van der Waals surface area (Å²) in [5.41, 5.74) is 6.73. The molecule has 1 aliphatic heterocycles. The van der Waals surface area contributed by atoms with E-state index >= 15 is 0 Å². The molecule has 0 radical (unpaired) electrons. The monoisotopic (exact) mass is 325 g/mol. The Hall–Kier alpha value is -1.85. The molecule has 0 unspecified atom stereocenters. The van der Waals surface area contributed by atoms with Crippen molar-refractivity contribution in [3.8, 4) is 0 Å². The van der Waals surface area contributed by atoms with Crippen LogP contribution in [-0.2, 0) is 4.74 Å². The number of aliphatic hydroxyl groups excluding tert-OH is 3. The predicted molar refractivity (Wildman–Crippen MR) is 82.3 cm³/mol. The molecule has 1 fully saturated rings. The van der Waals surface area contributed by atoms with Gasteiger partial charge < -0.3 is 25.8 Å². The number of imidazole rings is 1. The fraction of sp³-hybridized carbons (Fsp3) is 0.615. The van der Waals surface area contributed by atoms with Gasteiger partial charge in [-0.3, -0.25) is 9.05 Å². The summed E-state index contributed by atoms with van der Waals surface area (Å²) in [6.07, 6.45) is -2.74. The molecule has 126 valence electrons. The first-order valence-corrected chi connectivity index (χ1v) is 7.18. The Morgan fingerprint density at radius 2 is 1.96 bits per heavy atom. The normalized spacial score (nSPS) is 28.6. The average Bonchev–Trinajstić information content (AvgIpc) is 3.00.